The fourth-order valence-corrected chi connectivity index (χ4v) is 3.21. The van der Waals surface area contributed by atoms with Gasteiger partial charge in [0.25, 0.3) is 0 Å². The van der Waals surface area contributed by atoms with E-state index in [-0.39, 0.29) is 24.0 Å². The highest BCUT2D eigenvalue weighted by Crippen LogP contribution is 2.16. The van der Waals surface area contributed by atoms with Gasteiger partial charge in [-0.2, -0.15) is 0 Å². The number of nitrogens with one attached hydrogen (secondary N) is 2. The lowest BCUT2D eigenvalue weighted by Crippen LogP contribution is -2.36. The third kappa shape index (κ3) is 6.05. The average molecular weight is 458 g/mol. The number of aliphatic imine (C=N–C) groups is 1. The summed E-state index contributed by atoms with van der Waals surface area (Å²) in [4.78, 5) is 10.5. The summed E-state index contributed by atoms with van der Waals surface area (Å²) >= 11 is 1.74. The Kier molecular flexibility index (Phi) is 9.28. The smallest absolute Gasteiger partial charge is 0.191 e. The molecular formula is C18H27IN4S. The van der Waals surface area contributed by atoms with Crippen molar-refractivity contribution in [3.63, 3.8) is 0 Å². The van der Waals surface area contributed by atoms with E-state index in [1.807, 2.05) is 0 Å². The monoisotopic (exact) mass is 458 g/mol. The van der Waals surface area contributed by atoms with Crippen LogP contribution in [0.2, 0.25) is 0 Å². The first-order valence-electron chi connectivity index (χ1n) is 8.15. The molecule has 0 saturated carbocycles. The third-order valence-corrected chi connectivity index (χ3v) is 4.80. The molecule has 0 fully saturated rings. The molecule has 1 aromatic carbocycles. The van der Waals surface area contributed by atoms with Crippen molar-refractivity contribution < 1.29 is 0 Å². The first-order valence-corrected chi connectivity index (χ1v) is 8.97. The van der Waals surface area contributed by atoms with E-state index < -0.39 is 0 Å². The number of rotatable bonds is 6. The number of guanidine groups is 1. The number of aryl methyl sites for hydroxylation is 3. The predicted molar refractivity (Wildman–Crippen MR) is 114 cm³/mol. The van der Waals surface area contributed by atoms with Gasteiger partial charge in [-0.05, 0) is 38.3 Å². The van der Waals surface area contributed by atoms with Crippen molar-refractivity contribution in [1.29, 1.82) is 0 Å². The first kappa shape index (κ1) is 20.9. The van der Waals surface area contributed by atoms with Crippen LogP contribution in [0.15, 0.2) is 29.3 Å². The summed E-state index contributed by atoms with van der Waals surface area (Å²) in [5.41, 5.74) is 3.76. The molecular weight excluding hydrogens is 431 g/mol. The van der Waals surface area contributed by atoms with Gasteiger partial charge in [0.1, 0.15) is 5.01 Å². The van der Waals surface area contributed by atoms with Gasteiger partial charge in [0.05, 0.1) is 18.8 Å². The molecule has 0 unspecified atom stereocenters. The molecule has 1 heterocycles. The molecule has 0 atom stereocenters. The van der Waals surface area contributed by atoms with Gasteiger partial charge in [-0.15, -0.1) is 35.3 Å². The minimum atomic E-state index is 0. The second-order valence-electron chi connectivity index (χ2n) is 5.42. The van der Waals surface area contributed by atoms with E-state index in [2.05, 4.69) is 67.6 Å². The number of hydrogen-bond acceptors (Lipinski definition) is 3. The number of aromatic nitrogens is 1. The van der Waals surface area contributed by atoms with E-state index in [0.29, 0.717) is 13.1 Å². The zero-order valence-electron chi connectivity index (χ0n) is 14.8. The maximum atomic E-state index is 4.71. The van der Waals surface area contributed by atoms with Crippen LogP contribution in [0.25, 0.3) is 0 Å². The molecule has 0 spiro atoms. The normalized spacial score (nSPS) is 11.1. The molecule has 0 bridgehead atoms. The number of halogens is 1. The van der Waals surface area contributed by atoms with Crippen molar-refractivity contribution in [2.24, 2.45) is 4.99 Å². The maximum absolute atomic E-state index is 4.71. The topological polar surface area (TPSA) is 49.3 Å². The van der Waals surface area contributed by atoms with Gasteiger partial charge in [0, 0.05) is 11.4 Å². The summed E-state index contributed by atoms with van der Waals surface area (Å²) in [6.45, 7) is 10.7. The summed E-state index contributed by atoms with van der Waals surface area (Å²) in [7, 11) is 0. The van der Waals surface area contributed by atoms with Crippen molar-refractivity contribution in [2.45, 2.75) is 47.2 Å². The lowest BCUT2D eigenvalue weighted by atomic mass is 10.1. The molecule has 6 heteroatoms. The van der Waals surface area contributed by atoms with E-state index in [4.69, 9.17) is 4.99 Å². The van der Waals surface area contributed by atoms with E-state index in [1.54, 1.807) is 11.3 Å². The number of benzene rings is 1. The van der Waals surface area contributed by atoms with Crippen LogP contribution in [0.4, 0.5) is 0 Å². The van der Waals surface area contributed by atoms with E-state index in [1.165, 1.54) is 16.0 Å². The van der Waals surface area contributed by atoms with Gasteiger partial charge in [0.2, 0.25) is 0 Å². The molecule has 1 aromatic heterocycles. The molecule has 0 amide bonds. The molecule has 0 saturated heterocycles. The van der Waals surface area contributed by atoms with Gasteiger partial charge in [-0.1, -0.05) is 31.2 Å². The SMILES string of the molecule is CCNC(=NCc1ccccc1CC)NCc1nc(C)c(C)s1.I. The lowest BCUT2D eigenvalue weighted by Gasteiger charge is -2.11. The third-order valence-electron chi connectivity index (χ3n) is 3.73. The standard InChI is InChI=1S/C18H26N4S.HI/c1-5-15-9-7-8-10-16(15)11-20-18(19-6-2)21-12-17-22-13(3)14(4)23-17;/h7-10H,5-6,11-12H2,1-4H3,(H2,19,20,21);1H. The van der Waals surface area contributed by atoms with Gasteiger partial charge in [-0.25, -0.2) is 9.98 Å². The average Bonchev–Trinajstić information content (AvgIpc) is 2.88. The summed E-state index contributed by atoms with van der Waals surface area (Å²) in [5.74, 6) is 0.837. The molecule has 2 aromatic rings. The number of nitrogens with zero attached hydrogens (tertiary/aromatic N) is 2. The highest BCUT2D eigenvalue weighted by Gasteiger charge is 2.05. The molecule has 132 valence electrons. The van der Waals surface area contributed by atoms with Crippen LogP contribution in [0.3, 0.4) is 0 Å². The number of hydrogen-bond donors (Lipinski definition) is 2. The van der Waals surface area contributed by atoms with Crippen LogP contribution in [0, 0.1) is 13.8 Å². The Labute approximate surface area is 166 Å². The van der Waals surface area contributed by atoms with Crippen molar-refractivity contribution >= 4 is 41.3 Å². The van der Waals surface area contributed by atoms with E-state index in [9.17, 15) is 0 Å². The van der Waals surface area contributed by atoms with Gasteiger partial charge >= 0.3 is 0 Å². The Hall–Kier alpha value is -1.15. The van der Waals surface area contributed by atoms with Crippen molar-refractivity contribution in [3.05, 3.63) is 51.0 Å². The molecule has 0 aliphatic heterocycles. The van der Waals surface area contributed by atoms with Gasteiger partial charge < -0.3 is 10.6 Å². The second-order valence-corrected chi connectivity index (χ2v) is 6.71. The van der Waals surface area contributed by atoms with Gasteiger partial charge in [-0.3, -0.25) is 0 Å². The van der Waals surface area contributed by atoms with Crippen LogP contribution in [0.5, 0.6) is 0 Å². The Bertz CT molecular complexity index is 647. The minimum Gasteiger partial charge on any atom is -0.357 e. The molecule has 2 N–H and O–H groups in total. The van der Waals surface area contributed by atoms with Crippen LogP contribution in [0.1, 0.15) is 40.6 Å². The highest BCUT2D eigenvalue weighted by atomic mass is 127. The second kappa shape index (κ2) is 10.7. The van der Waals surface area contributed by atoms with Crippen LogP contribution in [-0.4, -0.2) is 17.5 Å². The Morgan fingerprint density at radius 2 is 1.83 bits per heavy atom. The van der Waals surface area contributed by atoms with Crippen LogP contribution >= 0.6 is 35.3 Å². The van der Waals surface area contributed by atoms with Crippen molar-refractivity contribution in [3.8, 4) is 0 Å². The minimum absolute atomic E-state index is 0. The quantitative estimate of drug-likeness (QED) is 0.388. The molecule has 24 heavy (non-hydrogen) atoms. The zero-order chi connectivity index (χ0) is 16.7. The molecule has 0 aliphatic rings. The fraction of sp³-hybridized carbons (Fsp3) is 0.444. The summed E-state index contributed by atoms with van der Waals surface area (Å²) in [6.07, 6.45) is 1.04. The van der Waals surface area contributed by atoms with E-state index in [0.717, 1.165) is 29.6 Å². The van der Waals surface area contributed by atoms with Gasteiger partial charge in [0.15, 0.2) is 5.96 Å². The largest absolute Gasteiger partial charge is 0.357 e. The summed E-state index contributed by atoms with van der Waals surface area (Å²) in [5, 5.41) is 7.77. The van der Waals surface area contributed by atoms with Crippen LogP contribution in [-0.2, 0) is 19.5 Å². The van der Waals surface area contributed by atoms with E-state index >= 15 is 0 Å². The molecule has 0 aliphatic carbocycles. The summed E-state index contributed by atoms with van der Waals surface area (Å²) in [6, 6.07) is 8.49. The zero-order valence-corrected chi connectivity index (χ0v) is 18.0. The highest BCUT2D eigenvalue weighted by molar-refractivity contribution is 14.0. The Morgan fingerprint density at radius 3 is 2.42 bits per heavy atom. The predicted octanol–water partition coefficient (Wildman–Crippen LogP) is 4.20. The number of thiazole rings is 1. The van der Waals surface area contributed by atoms with Crippen LogP contribution < -0.4 is 10.6 Å². The van der Waals surface area contributed by atoms with Crippen molar-refractivity contribution in [1.82, 2.24) is 15.6 Å². The lowest BCUT2D eigenvalue weighted by molar-refractivity contribution is 0.808. The maximum Gasteiger partial charge on any atom is 0.191 e. The van der Waals surface area contributed by atoms with Crippen molar-refractivity contribution in [2.75, 3.05) is 6.54 Å². The fourth-order valence-electron chi connectivity index (χ4n) is 2.34. The summed E-state index contributed by atoms with van der Waals surface area (Å²) < 4.78 is 0. The Balaban J connectivity index is 0.00000288. The molecule has 0 radical (unpaired) electrons. The molecule has 4 nitrogen and oxygen atoms in total. The Morgan fingerprint density at radius 1 is 1.12 bits per heavy atom. The molecule has 2 rings (SSSR count). The first-order chi connectivity index (χ1) is 11.1.